The number of nitrogen functional groups attached to an aromatic ring is 2. The monoisotopic (exact) mass is 390 g/mol. The Bertz CT molecular complexity index is 723. The van der Waals surface area contributed by atoms with Crippen LogP contribution in [0.4, 0.5) is 17.2 Å². The normalized spacial score (nSPS) is 11.0. The zero-order valence-corrected chi connectivity index (χ0v) is 17.1. The molecule has 7 nitrogen and oxygen atoms in total. The molecule has 0 aliphatic rings. The van der Waals surface area contributed by atoms with Gasteiger partial charge in [-0.25, -0.2) is 0 Å². The zero-order valence-electron chi connectivity index (χ0n) is 16.3. The van der Waals surface area contributed by atoms with E-state index in [4.69, 9.17) is 21.9 Å². The molecule has 0 aliphatic carbocycles. The summed E-state index contributed by atoms with van der Waals surface area (Å²) >= 11 is 1.83. The third kappa shape index (κ3) is 5.90. The van der Waals surface area contributed by atoms with Crippen LogP contribution < -0.4 is 26.8 Å². The number of benzene rings is 1. The predicted molar refractivity (Wildman–Crippen MR) is 115 cm³/mol. The maximum absolute atomic E-state index is 6.29. The van der Waals surface area contributed by atoms with E-state index in [-0.39, 0.29) is 11.9 Å². The highest BCUT2D eigenvalue weighted by Gasteiger charge is 2.21. The second-order valence-electron chi connectivity index (χ2n) is 6.58. The fourth-order valence-corrected chi connectivity index (χ4v) is 3.41. The van der Waals surface area contributed by atoms with Crippen molar-refractivity contribution < 1.29 is 4.74 Å². The van der Waals surface area contributed by atoms with Gasteiger partial charge in [-0.1, -0.05) is 31.2 Å². The molecular weight excluding hydrogens is 360 g/mol. The van der Waals surface area contributed by atoms with Crippen molar-refractivity contribution in [2.75, 3.05) is 28.0 Å². The number of anilines is 3. The number of hydrogen-bond donors (Lipinski definition) is 3. The highest BCUT2D eigenvalue weighted by atomic mass is 32.2. The van der Waals surface area contributed by atoms with E-state index >= 15 is 0 Å². The lowest BCUT2D eigenvalue weighted by Crippen LogP contribution is -2.26. The Hall–Kier alpha value is -2.19. The highest BCUT2D eigenvalue weighted by Crippen LogP contribution is 2.37. The van der Waals surface area contributed by atoms with Crippen LogP contribution in [0, 0.1) is 0 Å². The summed E-state index contributed by atoms with van der Waals surface area (Å²) in [6.07, 6.45) is 1.06. The molecule has 0 unspecified atom stereocenters. The largest absolute Gasteiger partial charge is 0.472 e. The molecule has 0 atom stereocenters. The van der Waals surface area contributed by atoms with Gasteiger partial charge in [-0.05, 0) is 37.1 Å². The van der Waals surface area contributed by atoms with E-state index in [9.17, 15) is 0 Å². The van der Waals surface area contributed by atoms with Crippen molar-refractivity contribution in [3.63, 3.8) is 0 Å². The van der Waals surface area contributed by atoms with Crippen LogP contribution in [0.5, 0.6) is 5.88 Å². The molecule has 2 aromatic rings. The van der Waals surface area contributed by atoms with Crippen LogP contribution in [0.1, 0.15) is 38.3 Å². The molecule has 27 heavy (non-hydrogen) atoms. The third-order valence-electron chi connectivity index (χ3n) is 3.87. The van der Waals surface area contributed by atoms with Crippen molar-refractivity contribution in [2.45, 2.75) is 46.4 Å². The summed E-state index contributed by atoms with van der Waals surface area (Å²) in [7, 11) is 0. The number of ether oxygens (including phenoxy) is 1. The van der Waals surface area contributed by atoms with Gasteiger partial charge < -0.3 is 26.8 Å². The Morgan fingerprint density at radius 1 is 1.11 bits per heavy atom. The summed E-state index contributed by atoms with van der Waals surface area (Å²) < 4.78 is 5.87. The van der Waals surface area contributed by atoms with E-state index in [0.717, 1.165) is 29.2 Å². The Morgan fingerprint density at radius 2 is 1.78 bits per heavy atom. The van der Waals surface area contributed by atoms with E-state index in [1.54, 1.807) is 0 Å². The molecular formula is C19H30N6OS. The first kappa shape index (κ1) is 21.1. The SMILES string of the molecule is CCCSCN(Cc1ccc(CN)cc1)c1c(OC(C)C)nnc(N)c1N. The van der Waals surface area contributed by atoms with E-state index < -0.39 is 0 Å². The van der Waals surface area contributed by atoms with E-state index in [0.29, 0.717) is 30.3 Å². The molecule has 0 bridgehead atoms. The van der Waals surface area contributed by atoms with Gasteiger partial charge in [0.05, 0.1) is 12.0 Å². The Morgan fingerprint density at radius 3 is 2.37 bits per heavy atom. The highest BCUT2D eigenvalue weighted by molar-refractivity contribution is 7.99. The van der Waals surface area contributed by atoms with Crippen molar-refractivity contribution in [2.24, 2.45) is 5.73 Å². The number of nitrogens with zero attached hydrogens (tertiary/aromatic N) is 3. The number of hydrogen-bond acceptors (Lipinski definition) is 8. The van der Waals surface area contributed by atoms with E-state index in [2.05, 4.69) is 34.2 Å². The minimum atomic E-state index is -0.0462. The van der Waals surface area contributed by atoms with Crippen LogP contribution in [0.25, 0.3) is 0 Å². The molecule has 0 amide bonds. The number of aromatic nitrogens is 2. The Labute approximate surface area is 165 Å². The summed E-state index contributed by atoms with van der Waals surface area (Å²) in [6.45, 7) is 7.24. The first-order chi connectivity index (χ1) is 13.0. The molecule has 2 rings (SSSR count). The number of rotatable bonds is 10. The van der Waals surface area contributed by atoms with Gasteiger partial charge in [0.25, 0.3) is 5.88 Å². The molecule has 0 fully saturated rings. The molecule has 0 saturated carbocycles. The maximum atomic E-state index is 6.29. The molecule has 0 aliphatic heterocycles. The molecule has 1 aromatic heterocycles. The summed E-state index contributed by atoms with van der Waals surface area (Å²) in [5, 5.41) is 8.08. The molecule has 0 spiro atoms. The molecule has 8 heteroatoms. The lowest BCUT2D eigenvalue weighted by atomic mass is 10.1. The molecule has 1 aromatic carbocycles. The third-order valence-corrected chi connectivity index (χ3v) is 5.06. The average Bonchev–Trinajstić information content (AvgIpc) is 2.65. The topological polar surface area (TPSA) is 116 Å². The van der Waals surface area contributed by atoms with Gasteiger partial charge in [-0.3, -0.25) is 0 Å². The Kier molecular flexibility index (Phi) is 7.99. The standard InChI is InChI=1S/C19H30N6OS/c1-4-9-27-12-25(11-15-7-5-14(10-20)6-8-15)17-16(21)18(22)23-24-19(17)26-13(2)3/h5-8,13H,4,9-12,20H2,1-3H3,(H2,21,24)(H2,22,23). The summed E-state index contributed by atoms with van der Waals surface area (Å²) in [6, 6.07) is 8.25. The molecule has 6 N–H and O–H groups in total. The Balaban J connectivity index is 2.38. The minimum absolute atomic E-state index is 0.0462. The van der Waals surface area contributed by atoms with Crippen LogP contribution in [0.2, 0.25) is 0 Å². The number of thioether (sulfide) groups is 1. The first-order valence-electron chi connectivity index (χ1n) is 9.15. The van der Waals surface area contributed by atoms with Gasteiger partial charge in [0.15, 0.2) is 5.82 Å². The fraction of sp³-hybridized carbons (Fsp3) is 0.474. The van der Waals surface area contributed by atoms with Crippen molar-refractivity contribution in [1.82, 2.24) is 10.2 Å². The van der Waals surface area contributed by atoms with Crippen molar-refractivity contribution >= 4 is 29.0 Å². The van der Waals surface area contributed by atoms with Crippen molar-refractivity contribution in [3.8, 4) is 5.88 Å². The first-order valence-corrected chi connectivity index (χ1v) is 10.3. The van der Waals surface area contributed by atoms with E-state index in [1.807, 2.05) is 37.7 Å². The van der Waals surface area contributed by atoms with Gasteiger partial charge >= 0.3 is 0 Å². The second kappa shape index (κ2) is 10.2. The minimum Gasteiger partial charge on any atom is -0.472 e. The second-order valence-corrected chi connectivity index (χ2v) is 7.65. The van der Waals surface area contributed by atoms with Gasteiger partial charge in [0.2, 0.25) is 0 Å². The summed E-state index contributed by atoms with van der Waals surface area (Å²) in [5.74, 6) is 2.42. The smallest absolute Gasteiger partial charge is 0.259 e. The van der Waals surface area contributed by atoms with Crippen molar-refractivity contribution in [3.05, 3.63) is 35.4 Å². The van der Waals surface area contributed by atoms with Gasteiger partial charge in [-0.2, -0.15) is 0 Å². The lowest BCUT2D eigenvalue weighted by Gasteiger charge is -2.28. The average molecular weight is 391 g/mol. The van der Waals surface area contributed by atoms with Gasteiger partial charge in [0.1, 0.15) is 11.4 Å². The summed E-state index contributed by atoms with van der Waals surface area (Å²) in [4.78, 5) is 2.15. The van der Waals surface area contributed by atoms with Crippen molar-refractivity contribution in [1.29, 1.82) is 0 Å². The molecule has 148 valence electrons. The predicted octanol–water partition coefficient (Wildman–Crippen LogP) is 2.99. The van der Waals surface area contributed by atoms with Gasteiger partial charge in [-0.15, -0.1) is 22.0 Å². The van der Waals surface area contributed by atoms with Crippen LogP contribution in [0.15, 0.2) is 24.3 Å². The van der Waals surface area contributed by atoms with Crippen LogP contribution in [0.3, 0.4) is 0 Å². The summed E-state index contributed by atoms with van der Waals surface area (Å²) in [5.41, 5.74) is 21.3. The van der Waals surface area contributed by atoms with E-state index in [1.165, 1.54) is 0 Å². The molecule has 1 heterocycles. The molecule has 0 saturated heterocycles. The van der Waals surface area contributed by atoms with Crippen LogP contribution in [-0.4, -0.2) is 27.9 Å². The lowest BCUT2D eigenvalue weighted by molar-refractivity contribution is 0.231. The van der Waals surface area contributed by atoms with Crippen LogP contribution >= 0.6 is 11.8 Å². The maximum Gasteiger partial charge on any atom is 0.259 e. The quantitative estimate of drug-likeness (QED) is 0.419. The van der Waals surface area contributed by atoms with Crippen LogP contribution in [-0.2, 0) is 13.1 Å². The van der Waals surface area contributed by atoms with Gasteiger partial charge in [0, 0.05) is 13.1 Å². The number of nitrogens with two attached hydrogens (primary N) is 3. The zero-order chi connectivity index (χ0) is 19.8. The fourth-order valence-electron chi connectivity index (χ4n) is 2.55. The molecule has 0 radical (unpaired) electrons.